The minimum Gasteiger partial charge on any atom is -0.462 e. The molecule has 0 aliphatic rings. The quantitative estimate of drug-likeness (QED) is 0.0149. The summed E-state index contributed by atoms with van der Waals surface area (Å²) in [6, 6.07) is 3.19. The average molecular weight is 1640 g/mol. The summed E-state index contributed by atoms with van der Waals surface area (Å²) in [4.78, 5) is 131. The third-order valence-corrected chi connectivity index (χ3v) is 20.3. The third-order valence-electron chi connectivity index (χ3n) is 9.83. The minimum absolute atomic E-state index is 0. The van der Waals surface area contributed by atoms with Crippen LogP contribution in [0.4, 0.5) is 9.59 Å². The molecular weight excluding hydrogens is 1490 g/mol. The van der Waals surface area contributed by atoms with Gasteiger partial charge in [0.05, 0.1) is 24.6 Å². The van der Waals surface area contributed by atoms with Gasteiger partial charge in [0.25, 0.3) is 0 Å². The number of rotatable bonds is 37. The normalized spacial score (nSPS) is 9.22. The molecule has 21 nitrogen and oxygen atoms in total. The van der Waals surface area contributed by atoms with E-state index in [1.807, 2.05) is 0 Å². The summed E-state index contributed by atoms with van der Waals surface area (Å²) in [6.07, 6.45) is 7.61. The number of carbonyl (C=O) groups is 12. The number of amides is 5. The lowest BCUT2D eigenvalue weighted by Gasteiger charge is -2.12. The molecular formula is C70H156ClN5O16SSi9. The molecule has 0 spiro atoms. The number of urea groups is 1. The van der Waals surface area contributed by atoms with Crippen LogP contribution in [0.15, 0.2) is 110 Å². The van der Waals surface area contributed by atoms with E-state index in [0.29, 0.717) is 53.4 Å². The van der Waals surface area contributed by atoms with Crippen molar-refractivity contribution in [2.45, 2.75) is 197 Å². The number of thioether (sulfide) groups is 1. The molecule has 0 rings (SSSR count). The highest BCUT2D eigenvalue weighted by Gasteiger charge is 2.07. The van der Waals surface area contributed by atoms with Crippen LogP contribution >= 0.6 is 23.4 Å². The van der Waals surface area contributed by atoms with Crippen LogP contribution in [0.25, 0.3) is 0 Å². The molecule has 0 aliphatic carbocycles. The first-order chi connectivity index (χ1) is 43.6. The summed E-state index contributed by atoms with van der Waals surface area (Å²) in [7, 11) is 1.13. The molecule has 606 valence electrons. The predicted octanol–water partition coefficient (Wildman–Crippen LogP) is 8.75. The van der Waals surface area contributed by atoms with E-state index in [9.17, 15) is 57.5 Å². The number of likely N-dealkylation sites (N-methyl/N-ethyl adjacent to an activating group) is 1. The van der Waals surface area contributed by atoms with Crippen LogP contribution in [-0.4, -0.2) is 231 Å². The summed E-state index contributed by atoms with van der Waals surface area (Å²) in [6.45, 7) is 59.2. The number of hydrogen-bond acceptors (Lipinski definition) is 17. The molecule has 5 amide bonds. The second kappa shape index (κ2) is 109. The van der Waals surface area contributed by atoms with Crippen molar-refractivity contribution in [2.24, 2.45) is 0 Å². The highest BCUT2D eigenvalue weighted by atomic mass is 35.5. The molecule has 0 bridgehead atoms. The standard InChI is InChI=1S/C9H18N2O3Si.C9H17NO4Si.C8H14O3SSi.C6H11ClOSi.2C6H13NOSi.2C6H12OSi.C5H10OSi.9CH4/c1-7(2)8(12)14-5-4-10-9(13)11-6-15-3;1-7(2)8(11)13-4-5-14-9(12)10-6-15-3;1-3-7(9)11-5-4-8(10)12-6-13-2;1-5(7)6(8)3-4-9-2;1-5(2)6(8)7-4-9-3;1-4-6(8)7(2)5-9-3;2*1-5(2)6(7)4-8-3;1-3-5(6)4-7-2;;;;;;;;;/h1,4-6,15H2,2-3H3,(H2,10,11,13);1,4-6,15H2,2-3H3,(H,10,12);3H,1,4-6,13H2,2H3;1,3-4,9H2,2H3;1,4,9H2,2-3H3,(H,7,8);4H,1,5,9H2,2-3H3;2*1,4,8H2,2-3H3;3H,1,4,7H2,2H3;9*1H4. The molecule has 32 heteroatoms. The van der Waals surface area contributed by atoms with Crippen LogP contribution < -0.4 is 21.3 Å². The number of halogens is 1. The fourth-order valence-corrected chi connectivity index (χ4v) is 12.2. The van der Waals surface area contributed by atoms with Crippen molar-refractivity contribution in [2.75, 3.05) is 70.1 Å². The van der Waals surface area contributed by atoms with Gasteiger partial charge in [-0.05, 0) is 81.4 Å². The first kappa shape index (κ1) is 143. The van der Waals surface area contributed by atoms with E-state index in [0.717, 1.165) is 54.1 Å². The Morgan fingerprint density at radius 2 is 0.863 bits per heavy atom. The van der Waals surface area contributed by atoms with Gasteiger partial charge in [0.2, 0.25) is 11.8 Å². The molecule has 0 atom stereocenters. The Bertz CT molecular complexity index is 2200. The molecule has 0 aromatic carbocycles. The monoisotopic (exact) mass is 1640 g/mol. The largest absolute Gasteiger partial charge is 0.462 e. The Kier molecular flexibility index (Phi) is 152. The predicted molar refractivity (Wildman–Crippen MR) is 480 cm³/mol. The molecule has 0 aromatic rings. The van der Waals surface area contributed by atoms with Crippen molar-refractivity contribution in [3.63, 3.8) is 0 Å². The van der Waals surface area contributed by atoms with E-state index >= 15 is 0 Å². The summed E-state index contributed by atoms with van der Waals surface area (Å²) >= 11 is 6.68. The number of hydrogen-bond donors (Lipinski definition) is 4. The van der Waals surface area contributed by atoms with Crippen LogP contribution in [0.1, 0.15) is 114 Å². The van der Waals surface area contributed by atoms with Crippen molar-refractivity contribution in [1.29, 1.82) is 0 Å². The fraction of sp³-hybridized carbons (Fsp3) is 0.571. The molecule has 0 saturated heterocycles. The van der Waals surface area contributed by atoms with Crippen molar-refractivity contribution < 1.29 is 76.5 Å². The van der Waals surface area contributed by atoms with Crippen LogP contribution in [0.2, 0.25) is 83.1 Å². The fourth-order valence-electron chi connectivity index (χ4n) is 4.68. The van der Waals surface area contributed by atoms with Crippen molar-refractivity contribution in [1.82, 2.24) is 26.2 Å². The van der Waals surface area contributed by atoms with Crippen molar-refractivity contribution in [3.8, 4) is 0 Å². The zero-order valence-electron chi connectivity index (χ0n) is 59.5. The SMILES string of the molecule is C.C.C.C.C.C.C.C.C.C=C(C)C(=O)C[SiH2]C.C=C(C)C(=O)C[SiH2]C.C=C(C)C(=O)NC[SiH2]C.C=C(C)C(=O)OCCNC(=O)NC[SiH2]C.C=C(C)C(=O)OCCOC(=O)NC[SiH2]C.C=C(Cl)C(=O)CC[SiH2]C.C=CC(=O)C[SiH2]C.C=CC(=O)N(C)C[SiH2]C.C=CC(=O)OCCC(=O)SC[SiH2]C. The highest BCUT2D eigenvalue weighted by molar-refractivity contribution is 8.14. The van der Waals surface area contributed by atoms with Crippen molar-refractivity contribution >= 4 is 179 Å². The number of nitrogens with zero attached hydrogens (tertiary/aromatic N) is 1. The van der Waals surface area contributed by atoms with Gasteiger partial charge in [-0.15, -0.1) is 0 Å². The number of carbonyl (C=O) groups excluding carboxylic acids is 12. The Labute approximate surface area is 655 Å². The van der Waals surface area contributed by atoms with Crippen LogP contribution in [-0.2, 0) is 66.9 Å². The van der Waals surface area contributed by atoms with Gasteiger partial charge in [0, 0.05) is 147 Å². The van der Waals surface area contributed by atoms with E-state index in [4.69, 9.17) is 25.8 Å². The van der Waals surface area contributed by atoms with Gasteiger partial charge in [-0.25, -0.2) is 24.0 Å². The lowest BCUT2D eigenvalue weighted by molar-refractivity contribution is -0.140. The number of allylic oxidation sites excluding steroid dienone is 4. The van der Waals surface area contributed by atoms with Gasteiger partial charge in [-0.2, -0.15) is 0 Å². The zero-order valence-corrected chi connectivity index (χ0v) is 73.8. The highest BCUT2D eigenvalue weighted by Crippen LogP contribution is 2.05. The number of esters is 3. The van der Waals surface area contributed by atoms with Gasteiger partial charge < -0.3 is 45.1 Å². The topological polar surface area (TPSA) is 293 Å². The second-order valence-electron chi connectivity index (χ2n) is 19.7. The maximum atomic E-state index is 11.0. The molecule has 0 unspecified atom stereocenters. The molecule has 0 radical (unpaired) electrons. The van der Waals surface area contributed by atoms with Gasteiger partial charge in [0.1, 0.15) is 19.8 Å². The summed E-state index contributed by atoms with van der Waals surface area (Å²) < 4.78 is 18.9. The van der Waals surface area contributed by atoms with Crippen LogP contribution in [0, 0.1) is 0 Å². The molecule has 0 heterocycles. The van der Waals surface area contributed by atoms with Crippen LogP contribution in [0.5, 0.6) is 0 Å². The molecule has 0 aliphatic heterocycles. The van der Waals surface area contributed by atoms with E-state index in [2.05, 4.69) is 144 Å². The Balaban J connectivity index is -0.0000000487. The smallest absolute Gasteiger partial charge is 0.406 e. The minimum atomic E-state index is -0.472. The van der Waals surface area contributed by atoms with Crippen LogP contribution in [0.3, 0.4) is 0 Å². The molecule has 4 N–H and O–H groups in total. The van der Waals surface area contributed by atoms with Gasteiger partial charge in [-0.3, -0.25) is 33.6 Å². The Morgan fingerprint density at radius 3 is 1.19 bits per heavy atom. The molecule has 0 saturated carbocycles. The average Bonchev–Trinajstić information content (AvgIpc) is 1.82. The number of nitrogens with one attached hydrogen (secondary N) is 4. The maximum Gasteiger partial charge on any atom is 0.406 e. The number of alkyl carbamates (subject to hydrolysis) is 1. The van der Waals surface area contributed by atoms with Crippen molar-refractivity contribution in [3.05, 3.63) is 110 Å². The Hall–Kier alpha value is -5.51. The van der Waals surface area contributed by atoms with Gasteiger partial charge in [-0.1, -0.05) is 214 Å². The van der Waals surface area contributed by atoms with Gasteiger partial charge >= 0.3 is 30.0 Å². The van der Waals surface area contributed by atoms with E-state index in [1.165, 1.54) is 23.9 Å². The summed E-state index contributed by atoms with van der Waals surface area (Å²) in [5.41, 5.74) is 2.70. The molecule has 0 aromatic heterocycles. The molecule has 0 fully saturated rings. The van der Waals surface area contributed by atoms with Gasteiger partial charge in [0.15, 0.2) is 28.2 Å². The second-order valence-corrected chi connectivity index (χ2v) is 35.7. The number of ether oxygens (including phenoxy) is 4. The van der Waals surface area contributed by atoms with E-state index in [-0.39, 0.29) is 230 Å². The number of ketones is 4. The van der Waals surface area contributed by atoms with E-state index < -0.39 is 24.0 Å². The molecule has 102 heavy (non-hydrogen) atoms. The first-order valence-electron chi connectivity index (χ1n) is 31.3. The first-order valence-corrected chi connectivity index (χ1v) is 54.4. The third kappa shape index (κ3) is 127. The number of Topliss-reactive ketones (excluding diaryl/α,β-unsaturated/α-hetero) is 3. The summed E-state index contributed by atoms with van der Waals surface area (Å²) in [5.74, 6) is -0.645. The zero-order chi connectivity index (χ0) is 74.1. The lowest BCUT2D eigenvalue weighted by Crippen LogP contribution is -2.39. The van der Waals surface area contributed by atoms with E-state index in [1.54, 1.807) is 46.6 Å². The lowest BCUT2D eigenvalue weighted by atomic mass is 10.2. The maximum absolute atomic E-state index is 11.0. The summed E-state index contributed by atoms with van der Waals surface area (Å²) in [5, 5.41) is 11.9. The Morgan fingerprint density at radius 1 is 0.441 bits per heavy atom.